The van der Waals surface area contributed by atoms with Gasteiger partial charge in [0.2, 0.25) is 0 Å². The van der Waals surface area contributed by atoms with Crippen molar-refractivity contribution in [1.82, 2.24) is 5.43 Å². The van der Waals surface area contributed by atoms with Crippen LogP contribution in [0.2, 0.25) is 5.02 Å². The third kappa shape index (κ3) is 5.42. The number of hydrogen-bond donors (Lipinski definition) is 1. The summed E-state index contributed by atoms with van der Waals surface area (Å²) < 4.78 is 13.6. The summed E-state index contributed by atoms with van der Waals surface area (Å²) in [7, 11) is 0. The lowest BCUT2D eigenvalue weighted by atomic mass is 10.1. The van der Waals surface area contributed by atoms with E-state index in [-0.39, 0.29) is 16.5 Å². The van der Waals surface area contributed by atoms with E-state index in [4.69, 9.17) is 11.6 Å². The van der Waals surface area contributed by atoms with Gasteiger partial charge in [-0.25, -0.2) is 9.82 Å². The van der Waals surface area contributed by atoms with Gasteiger partial charge in [0.15, 0.2) is 0 Å². The van der Waals surface area contributed by atoms with Gasteiger partial charge in [0.05, 0.1) is 11.2 Å². The van der Waals surface area contributed by atoms with Crippen molar-refractivity contribution in [3.63, 3.8) is 0 Å². The number of hydrazone groups is 1. The zero-order valence-corrected chi connectivity index (χ0v) is 15.8. The van der Waals surface area contributed by atoms with Crippen molar-refractivity contribution in [3.8, 4) is 0 Å². The van der Waals surface area contributed by atoms with Gasteiger partial charge in [0.25, 0.3) is 5.91 Å². The predicted molar refractivity (Wildman–Crippen MR) is 109 cm³/mol. The van der Waals surface area contributed by atoms with Crippen LogP contribution in [0.4, 0.5) is 4.39 Å². The first kappa shape index (κ1) is 19.1. The van der Waals surface area contributed by atoms with Crippen LogP contribution in [0.1, 0.15) is 21.5 Å². The smallest absolute Gasteiger partial charge is 0.267 e. The number of benzene rings is 3. The molecule has 0 radical (unpaired) electrons. The van der Waals surface area contributed by atoms with Crippen molar-refractivity contribution in [3.05, 3.63) is 100 Å². The van der Waals surface area contributed by atoms with E-state index in [0.717, 1.165) is 11.3 Å². The quantitative estimate of drug-likeness (QED) is 0.336. The molecule has 27 heavy (non-hydrogen) atoms. The highest BCUT2D eigenvalue weighted by Crippen LogP contribution is 2.22. The zero-order chi connectivity index (χ0) is 19.1. The summed E-state index contributed by atoms with van der Waals surface area (Å²) in [5.41, 5.74) is 4.10. The van der Waals surface area contributed by atoms with Crippen molar-refractivity contribution < 1.29 is 9.18 Å². The molecule has 1 amide bonds. The van der Waals surface area contributed by atoms with Crippen molar-refractivity contribution in [2.24, 2.45) is 5.10 Å². The fourth-order valence-electron chi connectivity index (χ4n) is 2.29. The van der Waals surface area contributed by atoms with E-state index < -0.39 is 5.82 Å². The van der Waals surface area contributed by atoms with Crippen molar-refractivity contribution in [2.45, 2.75) is 10.6 Å². The molecule has 1 N–H and O–H groups in total. The number of carbonyl (C=O) groups is 1. The summed E-state index contributed by atoms with van der Waals surface area (Å²) in [6, 6.07) is 21.7. The highest BCUT2D eigenvalue weighted by molar-refractivity contribution is 7.98. The summed E-state index contributed by atoms with van der Waals surface area (Å²) in [4.78, 5) is 13.3. The largest absolute Gasteiger partial charge is 0.271 e. The van der Waals surface area contributed by atoms with E-state index in [0.29, 0.717) is 5.56 Å². The molecule has 6 heteroatoms. The Kier molecular flexibility index (Phi) is 6.63. The minimum absolute atomic E-state index is 0.132. The SMILES string of the molecule is O=C(N/N=C\c1c(F)cccc1Cl)c1ccc(CSc2ccccc2)cc1. The Morgan fingerprint density at radius 1 is 1.04 bits per heavy atom. The molecule has 0 bridgehead atoms. The normalized spacial score (nSPS) is 10.9. The third-order valence-electron chi connectivity index (χ3n) is 3.72. The third-order valence-corrected chi connectivity index (χ3v) is 5.14. The standard InChI is InChI=1S/C21H16ClFN2OS/c22-19-7-4-8-20(23)18(19)13-24-25-21(26)16-11-9-15(10-12-16)14-27-17-5-2-1-3-6-17/h1-13H,14H2,(H,25,26)/b24-13-. The molecule has 0 aliphatic heterocycles. The average molecular weight is 399 g/mol. The number of nitrogens with one attached hydrogen (secondary N) is 1. The maximum Gasteiger partial charge on any atom is 0.271 e. The Labute approximate surface area is 166 Å². The molecule has 0 aliphatic carbocycles. The van der Waals surface area contributed by atoms with Gasteiger partial charge in [-0.1, -0.05) is 48.0 Å². The van der Waals surface area contributed by atoms with Crippen LogP contribution in [-0.4, -0.2) is 12.1 Å². The van der Waals surface area contributed by atoms with Crippen molar-refractivity contribution in [1.29, 1.82) is 0 Å². The highest BCUT2D eigenvalue weighted by Gasteiger charge is 2.06. The number of hydrogen-bond acceptors (Lipinski definition) is 3. The molecule has 3 aromatic rings. The first-order valence-electron chi connectivity index (χ1n) is 8.17. The zero-order valence-electron chi connectivity index (χ0n) is 14.2. The van der Waals surface area contributed by atoms with Gasteiger partial charge in [0.1, 0.15) is 5.82 Å². The van der Waals surface area contributed by atoms with Crippen LogP contribution in [0.5, 0.6) is 0 Å². The molecule has 0 spiro atoms. The fourth-order valence-corrected chi connectivity index (χ4v) is 3.38. The lowest BCUT2D eigenvalue weighted by Crippen LogP contribution is -2.17. The molecule has 0 unspecified atom stereocenters. The topological polar surface area (TPSA) is 41.5 Å². The average Bonchev–Trinajstić information content (AvgIpc) is 2.70. The van der Waals surface area contributed by atoms with Gasteiger partial charge in [-0.15, -0.1) is 11.8 Å². The summed E-state index contributed by atoms with van der Waals surface area (Å²) in [6.07, 6.45) is 1.19. The molecular formula is C21H16ClFN2OS. The maximum absolute atomic E-state index is 13.6. The van der Waals surface area contributed by atoms with Gasteiger partial charge in [-0.2, -0.15) is 5.10 Å². The summed E-state index contributed by atoms with van der Waals surface area (Å²) in [6.45, 7) is 0. The first-order chi connectivity index (χ1) is 13.1. The molecule has 0 heterocycles. The predicted octanol–water partition coefficient (Wildman–Crippen LogP) is 5.54. The van der Waals surface area contributed by atoms with E-state index >= 15 is 0 Å². The van der Waals surface area contributed by atoms with Crippen LogP contribution >= 0.6 is 23.4 Å². The highest BCUT2D eigenvalue weighted by atomic mass is 35.5. The minimum atomic E-state index is -0.499. The Hall–Kier alpha value is -2.63. The summed E-state index contributed by atoms with van der Waals surface area (Å²) >= 11 is 7.64. The van der Waals surface area contributed by atoms with Gasteiger partial charge in [-0.3, -0.25) is 4.79 Å². The Morgan fingerprint density at radius 3 is 2.48 bits per heavy atom. The van der Waals surface area contributed by atoms with E-state index in [9.17, 15) is 9.18 Å². The van der Waals surface area contributed by atoms with Gasteiger partial charge in [0, 0.05) is 21.8 Å². The van der Waals surface area contributed by atoms with Crippen LogP contribution in [0.15, 0.2) is 82.8 Å². The number of nitrogens with zero attached hydrogens (tertiary/aromatic N) is 1. The number of carbonyl (C=O) groups excluding carboxylic acids is 1. The van der Waals surface area contributed by atoms with E-state index in [1.165, 1.54) is 23.2 Å². The molecule has 136 valence electrons. The van der Waals surface area contributed by atoms with Crippen LogP contribution in [-0.2, 0) is 5.75 Å². The Morgan fingerprint density at radius 2 is 1.78 bits per heavy atom. The molecule has 3 nitrogen and oxygen atoms in total. The van der Waals surface area contributed by atoms with Crippen molar-refractivity contribution in [2.75, 3.05) is 0 Å². The van der Waals surface area contributed by atoms with E-state index in [1.807, 2.05) is 30.3 Å². The van der Waals surface area contributed by atoms with Gasteiger partial charge < -0.3 is 0 Å². The van der Waals surface area contributed by atoms with Crippen molar-refractivity contribution >= 4 is 35.5 Å². The first-order valence-corrected chi connectivity index (χ1v) is 9.54. The Bertz CT molecular complexity index is 926. The van der Waals surface area contributed by atoms with Gasteiger partial charge in [-0.05, 0) is 42.0 Å². The Balaban J connectivity index is 1.56. The lowest BCUT2D eigenvalue weighted by Gasteiger charge is -2.04. The second-order valence-electron chi connectivity index (χ2n) is 5.63. The van der Waals surface area contributed by atoms with Crippen LogP contribution < -0.4 is 5.43 Å². The molecule has 0 aliphatic rings. The number of rotatable bonds is 6. The number of thioether (sulfide) groups is 1. The number of halogens is 2. The van der Waals surface area contributed by atoms with Crippen LogP contribution in [0, 0.1) is 5.82 Å². The second kappa shape index (κ2) is 9.35. The van der Waals surface area contributed by atoms with Crippen LogP contribution in [0.3, 0.4) is 0 Å². The van der Waals surface area contributed by atoms with E-state index in [2.05, 4.69) is 22.7 Å². The molecule has 0 saturated carbocycles. The molecule has 0 aromatic heterocycles. The molecule has 0 saturated heterocycles. The lowest BCUT2D eigenvalue weighted by molar-refractivity contribution is 0.0955. The molecular weight excluding hydrogens is 383 g/mol. The molecule has 3 rings (SSSR count). The molecule has 0 fully saturated rings. The van der Waals surface area contributed by atoms with Gasteiger partial charge >= 0.3 is 0 Å². The number of amides is 1. The molecule has 0 atom stereocenters. The second-order valence-corrected chi connectivity index (χ2v) is 7.09. The summed E-state index contributed by atoms with van der Waals surface area (Å²) in [5.74, 6) is -0.0581. The monoisotopic (exact) mass is 398 g/mol. The fraction of sp³-hybridized carbons (Fsp3) is 0.0476. The minimum Gasteiger partial charge on any atom is -0.267 e. The summed E-state index contributed by atoms with van der Waals surface area (Å²) in [5, 5.41) is 4.01. The van der Waals surface area contributed by atoms with E-state index in [1.54, 1.807) is 30.0 Å². The van der Waals surface area contributed by atoms with Crippen LogP contribution in [0.25, 0.3) is 0 Å². The maximum atomic E-state index is 13.6. The molecule has 3 aromatic carbocycles.